The molecule has 2 aliphatic heterocycles. The van der Waals surface area contributed by atoms with Gasteiger partial charge in [-0.25, -0.2) is 4.98 Å². The van der Waals surface area contributed by atoms with Gasteiger partial charge in [-0.2, -0.15) is 0 Å². The number of aliphatic hydroxyl groups is 3. The largest absolute Gasteiger partial charge is 0.392 e. The Morgan fingerprint density at radius 1 is 1.26 bits per heavy atom. The predicted molar refractivity (Wildman–Crippen MR) is 153 cm³/mol. The minimum Gasteiger partial charge on any atom is -0.392 e. The highest BCUT2D eigenvalue weighted by Crippen LogP contribution is 2.48. The van der Waals surface area contributed by atoms with E-state index in [1.165, 1.54) is 11.3 Å². The number of Topliss-reactive ketones (excluding diaryl/α,β-unsaturated/α-hetero) is 1. The van der Waals surface area contributed by atoms with Crippen LogP contribution in [0.5, 0.6) is 0 Å². The van der Waals surface area contributed by atoms with Crippen molar-refractivity contribution in [1.82, 2.24) is 9.88 Å². The number of carbonyl (C=O) groups is 1. The molecule has 1 unspecified atom stereocenters. The van der Waals surface area contributed by atoms with Gasteiger partial charge in [0, 0.05) is 34.9 Å². The molecule has 0 bridgehead atoms. The molecule has 0 spiro atoms. The van der Waals surface area contributed by atoms with Crippen molar-refractivity contribution in [3.8, 4) is 0 Å². The van der Waals surface area contributed by atoms with E-state index in [0.717, 1.165) is 49.9 Å². The van der Waals surface area contributed by atoms with Crippen LogP contribution in [0.25, 0.3) is 6.08 Å². The van der Waals surface area contributed by atoms with Crippen molar-refractivity contribution in [2.45, 2.75) is 123 Å². The topological polar surface area (TPSA) is 103 Å². The Kier molecular flexibility index (Phi) is 10.7. The molecule has 1 aromatic rings. The fourth-order valence-corrected chi connectivity index (χ4v) is 6.95. The third kappa shape index (κ3) is 6.94. The Labute approximate surface area is 233 Å². The van der Waals surface area contributed by atoms with E-state index in [0.29, 0.717) is 24.1 Å². The third-order valence-corrected chi connectivity index (χ3v) is 10.1. The van der Waals surface area contributed by atoms with Gasteiger partial charge in [0.15, 0.2) is 0 Å². The van der Waals surface area contributed by atoms with Crippen LogP contribution in [0.3, 0.4) is 0 Å². The van der Waals surface area contributed by atoms with Crippen LogP contribution in [0, 0.1) is 17.3 Å². The maximum Gasteiger partial charge on any atom is 0.146 e. The molecular formula is C30H50N2O5S. The fraction of sp³-hybridized carbons (Fsp3) is 0.800. The van der Waals surface area contributed by atoms with Gasteiger partial charge in [-0.1, -0.05) is 41.0 Å². The average Bonchev–Trinajstić information content (AvgIpc) is 3.18. The van der Waals surface area contributed by atoms with E-state index in [1.807, 2.05) is 18.4 Å². The van der Waals surface area contributed by atoms with Crippen molar-refractivity contribution < 1.29 is 24.9 Å². The summed E-state index contributed by atoms with van der Waals surface area (Å²) in [4.78, 5) is 20.4. The van der Waals surface area contributed by atoms with Gasteiger partial charge in [0.25, 0.3) is 0 Å². The molecule has 2 saturated heterocycles. The number of nitrogens with zero attached hydrogens (tertiary/aromatic N) is 2. The molecule has 1 aromatic heterocycles. The molecule has 3 rings (SSSR count). The van der Waals surface area contributed by atoms with E-state index in [1.54, 1.807) is 20.8 Å². The van der Waals surface area contributed by atoms with E-state index in [2.05, 4.69) is 30.7 Å². The van der Waals surface area contributed by atoms with Gasteiger partial charge in [-0.05, 0) is 70.1 Å². The number of ether oxygens (including phenoxy) is 1. The lowest BCUT2D eigenvalue weighted by Crippen LogP contribution is -2.45. The Hall–Kier alpha value is -1.16. The first-order valence-electron chi connectivity index (χ1n) is 14.4. The zero-order valence-electron chi connectivity index (χ0n) is 24.4. The molecule has 0 radical (unpaired) electrons. The molecule has 8 heteroatoms. The molecule has 2 aliphatic rings. The molecule has 0 amide bonds. The zero-order valence-corrected chi connectivity index (χ0v) is 25.3. The van der Waals surface area contributed by atoms with Gasteiger partial charge in [-0.3, -0.25) is 9.69 Å². The second-order valence-corrected chi connectivity index (χ2v) is 13.4. The number of hydrogen-bond donors (Lipinski definition) is 3. The van der Waals surface area contributed by atoms with Crippen LogP contribution in [0.4, 0.5) is 0 Å². The maximum absolute atomic E-state index is 13.4. The number of ketones is 1. The van der Waals surface area contributed by atoms with Gasteiger partial charge in [0.1, 0.15) is 10.8 Å². The van der Waals surface area contributed by atoms with Crippen molar-refractivity contribution in [3.63, 3.8) is 0 Å². The normalized spacial score (nSPS) is 37.6. The number of rotatable bonds is 5. The molecule has 3 N–H and O–H groups in total. The summed E-state index contributed by atoms with van der Waals surface area (Å²) >= 11 is 1.44. The van der Waals surface area contributed by atoms with Crippen LogP contribution in [0.1, 0.15) is 97.7 Å². The molecular weight excluding hydrogens is 500 g/mol. The summed E-state index contributed by atoms with van der Waals surface area (Å²) in [5.41, 5.74) is 1.01. The van der Waals surface area contributed by atoms with Crippen LogP contribution in [-0.2, 0) is 16.1 Å². The van der Waals surface area contributed by atoms with Crippen LogP contribution in [0.15, 0.2) is 11.0 Å². The second-order valence-electron chi connectivity index (χ2n) is 12.4. The number of thiazole rings is 1. The first-order chi connectivity index (χ1) is 17.9. The van der Waals surface area contributed by atoms with Gasteiger partial charge < -0.3 is 20.1 Å². The standard InChI is InChI=1S/C30H50N2O5S/c1-8-13-32-24-16-23(20(3)15-22-18-38-26(17-33)31-22)37-14-11-25(34)29(5,6)28(36)21(4)27(35)19(2)10-9-12-30(24,32)7/h15,18-19,21,23-25,27,33-35H,8-14,16-17H2,1-7H3/b20-15+/t19-,21+,23-,24-,25-,27-,30+,32?/m0/s1. The number of aliphatic hydroxyl groups excluding tert-OH is 3. The summed E-state index contributed by atoms with van der Waals surface area (Å²) in [6.07, 6.45) is 5.48. The van der Waals surface area contributed by atoms with Gasteiger partial charge in [0.05, 0.1) is 30.6 Å². The highest BCUT2D eigenvalue weighted by molar-refractivity contribution is 7.09. The van der Waals surface area contributed by atoms with E-state index in [9.17, 15) is 20.1 Å². The average molecular weight is 551 g/mol. The van der Waals surface area contributed by atoms with Gasteiger partial charge in [0.2, 0.25) is 0 Å². The SMILES string of the molecule is CCCN1[C@H]2C[C@@H](/C(C)=C/c3csc(CO)n3)OCC[C@H](O)C(C)(C)C(=O)[C@H](C)[C@@H](O)[C@@H](C)CCC[C@]21C. The van der Waals surface area contributed by atoms with Crippen LogP contribution < -0.4 is 0 Å². The Morgan fingerprint density at radius 3 is 2.61 bits per heavy atom. The summed E-state index contributed by atoms with van der Waals surface area (Å²) in [7, 11) is 0. The Bertz CT molecular complexity index is 962. The van der Waals surface area contributed by atoms with E-state index in [4.69, 9.17) is 4.74 Å². The van der Waals surface area contributed by atoms with E-state index in [-0.39, 0.29) is 30.0 Å². The number of hydrogen-bond acceptors (Lipinski definition) is 8. The minimum absolute atomic E-state index is 0.0124. The molecule has 38 heavy (non-hydrogen) atoms. The summed E-state index contributed by atoms with van der Waals surface area (Å²) in [5, 5.41) is 34.1. The number of aromatic nitrogens is 1. The van der Waals surface area contributed by atoms with Crippen LogP contribution in [-0.4, -0.2) is 74.0 Å². The zero-order chi connectivity index (χ0) is 28.3. The minimum atomic E-state index is -0.977. The molecule has 8 atom stereocenters. The lowest BCUT2D eigenvalue weighted by Gasteiger charge is -2.35. The summed E-state index contributed by atoms with van der Waals surface area (Å²) < 4.78 is 6.45. The number of carbonyl (C=O) groups excluding carboxylic acids is 1. The van der Waals surface area contributed by atoms with Crippen molar-refractivity contribution in [1.29, 1.82) is 0 Å². The summed E-state index contributed by atoms with van der Waals surface area (Å²) in [6, 6.07) is 0.397. The van der Waals surface area contributed by atoms with Gasteiger partial charge in [-0.15, -0.1) is 11.3 Å². The van der Waals surface area contributed by atoms with Crippen molar-refractivity contribution in [2.24, 2.45) is 17.3 Å². The lowest BCUT2D eigenvalue weighted by atomic mass is 9.73. The Morgan fingerprint density at radius 2 is 1.97 bits per heavy atom. The molecule has 3 heterocycles. The molecule has 0 aliphatic carbocycles. The van der Waals surface area contributed by atoms with E-state index >= 15 is 0 Å². The molecule has 2 fully saturated rings. The maximum atomic E-state index is 13.4. The summed E-state index contributed by atoms with van der Waals surface area (Å²) in [6.45, 7) is 15.3. The second kappa shape index (κ2) is 13.0. The predicted octanol–water partition coefficient (Wildman–Crippen LogP) is 4.83. The fourth-order valence-electron chi connectivity index (χ4n) is 6.34. The quantitative estimate of drug-likeness (QED) is 0.451. The first-order valence-corrected chi connectivity index (χ1v) is 15.3. The molecule has 0 aromatic carbocycles. The Balaban J connectivity index is 1.87. The van der Waals surface area contributed by atoms with Crippen molar-refractivity contribution in [3.05, 3.63) is 21.7 Å². The van der Waals surface area contributed by atoms with Crippen molar-refractivity contribution >= 4 is 23.2 Å². The highest BCUT2D eigenvalue weighted by Gasteiger charge is 2.58. The molecule has 216 valence electrons. The highest BCUT2D eigenvalue weighted by atomic mass is 32.1. The van der Waals surface area contributed by atoms with Crippen LogP contribution in [0.2, 0.25) is 0 Å². The third-order valence-electron chi connectivity index (χ3n) is 9.20. The van der Waals surface area contributed by atoms with Crippen molar-refractivity contribution in [2.75, 3.05) is 13.2 Å². The van der Waals surface area contributed by atoms with E-state index < -0.39 is 23.5 Å². The first kappa shape index (κ1) is 31.4. The lowest BCUT2D eigenvalue weighted by molar-refractivity contribution is -0.142. The smallest absolute Gasteiger partial charge is 0.146 e. The molecule has 0 saturated carbocycles. The van der Waals surface area contributed by atoms with Crippen LogP contribution >= 0.6 is 11.3 Å². The summed E-state index contributed by atoms with van der Waals surface area (Å²) in [5.74, 6) is -0.627. The number of fused-ring (bicyclic) bond motifs is 1. The van der Waals surface area contributed by atoms with Gasteiger partial charge >= 0.3 is 0 Å². The molecule has 7 nitrogen and oxygen atoms in total. The monoisotopic (exact) mass is 550 g/mol.